The fourth-order valence-electron chi connectivity index (χ4n) is 2.71. The van der Waals surface area contributed by atoms with Crippen molar-refractivity contribution in [2.75, 3.05) is 6.61 Å². The van der Waals surface area contributed by atoms with Gasteiger partial charge in [0.15, 0.2) is 0 Å². The third-order valence-corrected chi connectivity index (χ3v) is 4.34. The highest BCUT2D eigenvalue weighted by Gasteiger charge is 2.05. The van der Waals surface area contributed by atoms with E-state index in [-0.39, 0.29) is 0 Å². The molecule has 0 saturated heterocycles. The Labute approximate surface area is 140 Å². The summed E-state index contributed by atoms with van der Waals surface area (Å²) in [5, 5.41) is 0. The van der Waals surface area contributed by atoms with Crippen molar-refractivity contribution in [3.8, 4) is 0 Å². The summed E-state index contributed by atoms with van der Waals surface area (Å²) in [5.41, 5.74) is 0. The molecular formula is C21H42O. The van der Waals surface area contributed by atoms with Crippen molar-refractivity contribution in [2.45, 2.75) is 117 Å². The van der Waals surface area contributed by atoms with E-state index in [1.807, 2.05) is 0 Å². The van der Waals surface area contributed by atoms with Crippen LogP contribution in [-0.4, -0.2) is 12.7 Å². The van der Waals surface area contributed by atoms with Crippen LogP contribution in [0.3, 0.4) is 0 Å². The van der Waals surface area contributed by atoms with Crippen LogP contribution in [0.4, 0.5) is 0 Å². The van der Waals surface area contributed by atoms with E-state index in [1.54, 1.807) is 0 Å². The van der Waals surface area contributed by atoms with Crippen molar-refractivity contribution in [3.05, 3.63) is 12.2 Å². The fourth-order valence-corrected chi connectivity index (χ4v) is 2.71. The van der Waals surface area contributed by atoms with E-state index in [4.69, 9.17) is 4.74 Å². The molecule has 0 rings (SSSR count). The molecule has 0 spiro atoms. The summed E-state index contributed by atoms with van der Waals surface area (Å²) < 4.78 is 5.91. The summed E-state index contributed by atoms with van der Waals surface area (Å²) in [4.78, 5) is 0. The van der Waals surface area contributed by atoms with Gasteiger partial charge in [0.1, 0.15) is 0 Å². The lowest BCUT2D eigenvalue weighted by Gasteiger charge is -2.15. The zero-order valence-corrected chi connectivity index (χ0v) is 15.7. The Kier molecular flexibility index (Phi) is 18.5. The van der Waals surface area contributed by atoms with Crippen molar-refractivity contribution in [3.63, 3.8) is 0 Å². The number of hydrogen-bond acceptors (Lipinski definition) is 1. The fraction of sp³-hybridized carbons (Fsp3) is 0.905. The summed E-state index contributed by atoms with van der Waals surface area (Å²) in [7, 11) is 0. The zero-order valence-electron chi connectivity index (χ0n) is 15.7. The molecule has 0 fully saturated rings. The van der Waals surface area contributed by atoms with E-state index in [0.29, 0.717) is 6.10 Å². The van der Waals surface area contributed by atoms with E-state index in [1.165, 1.54) is 83.5 Å². The summed E-state index contributed by atoms with van der Waals surface area (Å²) in [6.45, 7) is 7.70. The van der Waals surface area contributed by atoms with Crippen molar-refractivity contribution in [2.24, 2.45) is 0 Å². The minimum atomic E-state index is 0.499. The smallest absolute Gasteiger partial charge is 0.0572 e. The van der Waals surface area contributed by atoms with Crippen molar-refractivity contribution >= 4 is 0 Å². The molecule has 1 unspecified atom stereocenters. The maximum Gasteiger partial charge on any atom is 0.0572 e. The topological polar surface area (TPSA) is 9.23 Å². The van der Waals surface area contributed by atoms with Crippen molar-refractivity contribution in [1.29, 1.82) is 0 Å². The maximum atomic E-state index is 5.91. The van der Waals surface area contributed by atoms with Gasteiger partial charge in [0.05, 0.1) is 6.10 Å². The standard InChI is InChI=1S/C21H42O/c1-4-7-9-10-11-12-13-14-15-16-17-18-19-21(6-3)22-20-8-5-2/h14-15,21H,4-13,16-20H2,1-3H3. The van der Waals surface area contributed by atoms with Crippen LogP contribution in [0.2, 0.25) is 0 Å². The molecule has 0 bridgehead atoms. The molecule has 0 saturated carbocycles. The average molecular weight is 311 g/mol. The Morgan fingerprint density at radius 1 is 0.682 bits per heavy atom. The lowest BCUT2D eigenvalue weighted by Crippen LogP contribution is -2.12. The molecule has 0 radical (unpaired) electrons. The second kappa shape index (κ2) is 18.7. The minimum Gasteiger partial charge on any atom is -0.378 e. The van der Waals surface area contributed by atoms with Gasteiger partial charge in [-0.25, -0.2) is 0 Å². The molecule has 132 valence electrons. The molecule has 0 aromatic rings. The van der Waals surface area contributed by atoms with Crippen LogP contribution in [0.5, 0.6) is 0 Å². The minimum absolute atomic E-state index is 0.499. The lowest BCUT2D eigenvalue weighted by atomic mass is 10.1. The number of allylic oxidation sites excluding steroid dienone is 2. The summed E-state index contributed by atoms with van der Waals surface area (Å²) in [6.07, 6.45) is 23.7. The van der Waals surface area contributed by atoms with Gasteiger partial charge in [0.2, 0.25) is 0 Å². The molecule has 0 aliphatic rings. The summed E-state index contributed by atoms with van der Waals surface area (Å²) in [5.74, 6) is 0. The third-order valence-electron chi connectivity index (χ3n) is 4.34. The van der Waals surface area contributed by atoms with Gasteiger partial charge in [-0.15, -0.1) is 0 Å². The van der Waals surface area contributed by atoms with Crippen LogP contribution in [-0.2, 0) is 4.74 Å². The van der Waals surface area contributed by atoms with Gasteiger partial charge in [0.25, 0.3) is 0 Å². The third kappa shape index (κ3) is 16.1. The first-order chi connectivity index (χ1) is 10.8. The Bertz CT molecular complexity index is 222. The molecule has 0 amide bonds. The molecular weight excluding hydrogens is 268 g/mol. The van der Waals surface area contributed by atoms with Crippen LogP contribution >= 0.6 is 0 Å². The normalized spacial score (nSPS) is 13.0. The molecule has 1 nitrogen and oxygen atoms in total. The second-order valence-electron chi connectivity index (χ2n) is 6.57. The molecule has 0 N–H and O–H groups in total. The van der Waals surface area contributed by atoms with E-state index < -0.39 is 0 Å². The van der Waals surface area contributed by atoms with Gasteiger partial charge < -0.3 is 4.74 Å². The Hall–Kier alpha value is -0.300. The van der Waals surface area contributed by atoms with Crippen LogP contribution in [0.25, 0.3) is 0 Å². The van der Waals surface area contributed by atoms with Crippen molar-refractivity contribution < 1.29 is 4.74 Å². The molecule has 0 heterocycles. The lowest BCUT2D eigenvalue weighted by molar-refractivity contribution is 0.0416. The van der Waals surface area contributed by atoms with Gasteiger partial charge >= 0.3 is 0 Å². The van der Waals surface area contributed by atoms with E-state index >= 15 is 0 Å². The first kappa shape index (κ1) is 21.7. The SMILES string of the molecule is CCCCCCCCC=CCCCCC(CC)OCCCC. The van der Waals surface area contributed by atoms with Gasteiger partial charge in [-0.1, -0.05) is 77.9 Å². The number of rotatable bonds is 17. The average Bonchev–Trinajstić information content (AvgIpc) is 2.54. The Morgan fingerprint density at radius 2 is 1.27 bits per heavy atom. The van der Waals surface area contributed by atoms with E-state index in [0.717, 1.165) is 13.0 Å². The monoisotopic (exact) mass is 310 g/mol. The molecule has 1 heteroatoms. The first-order valence-electron chi connectivity index (χ1n) is 10.1. The predicted molar refractivity (Wildman–Crippen MR) is 101 cm³/mol. The van der Waals surface area contributed by atoms with Crippen LogP contribution < -0.4 is 0 Å². The van der Waals surface area contributed by atoms with Crippen LogP contribution in [0.15, 0.2) is 12.2 Å². The molecule has 0 aliphatic heterocycles. The van der Waals surface area contributed by atoms with Gasteiger partial charge in [-0.05, 0) is 44.9 Å². The largest absolute Gasteiger partial charge is 0.378 e. The van der Waals surface area contributed by atoms with E-state index in [2.05, 4.69) is 32.9 Å². The predicted octanol–water partition coefficient (Wildman–Crippen LogP) is 7.45. The Morgan fingerprint density at radius 3 is 1.91 bits per heavy atom. The van der Waals surface area contributed by atoms with Gasteiger partial charge in [-0.2, -0.15) is 0 Å². The first-order valence-corrected chi connectivity index (χ1v) is 10.1. The zero-order chi connectivity index (χ0) is 16.3. The van der Waals surface area contributed by atoms with Gasteiger partial charge in [-0.3, -0.25) is 0 Å². The maximum absolute atomic E-state index is 5.91. The number of ether oxygens (including phenoxy) is 1. The Balaban J connectivity index is 3.30. The number of unbranched alkanes of at least 4 members (excludes halogenated alkanes) is 9. The highest BCUT2D eigenvalue weighted by molar-refractivity contribution is 4.81. The molecule has 0 aromatic heterocycles. The molecule has 0 aliphatic carbocycles. The quantitative estimate of drug-likeness (QED) is 0.200. The second-order valence-corrected chi connectivity index (χ2v) is 6.57. The molecule has 0 aromatic carbocycles. The van der Waals surface area contributed by atoms with E-state index in [9.17, 15) is 0 Å². The van der Waals surface area contributed by atoms with Crippen LogP contribution in [0, 0.1) is 0 Å². The molecule has 22 heavy (non-hydrogen) atoms. The van der Waals surface area contributed by atoms with Crippen LogP contribution in [0.1, 0.15) is 111 Å². The summed E-state index contributed by atoms with van der Waals surface area (Å²) in [6, 6.07) is 0. The highest BCUT2D eigenvalue weighted by Crippen LogP contribution is 2.12. The van der Waals surface area contributed by atoms with Gasteiger partial charge in [0, 0.05) is 6.61 Å². The number of hydrogen-bond donors (Lipinski definition) is 0. The van der Waals surface area contributed by atoms with Crippen molar-refractivity contribution in [1.82, 2.24) is 0 Å². The summed E-state index contributed by atoms with van der Waals surface area (Å²) >= 11 is 0. The highest BCUT2D eigenvalue weighted by atomic mass is 16.5. The molecule has 1 atom stereocenters.